The van der Waals surface area contributed by atoms with Crippen LogP contribution in [0.1, 0.15) is 37.3 Å². The third-order valence-electron chi connectivity index (χ3n) is 5.89. The average Bonchev–Trinajstić information content (AvgIpc) is 2.69. The van der Waals surface area contributed by atoms with Gasteiger partial charge in [-0.3, -0.25) is 14.4 Å². The summed E-state index contributed by atoms with van der Waals surface area (Å²) in [5.41, 5.74) is 2.49. The Morgan fingerprint density at radius 3 is 2.52 bits per heavy atom. The number of aromatic nitrogens is 1. The molecule has 0 unspecified atom stereocenters. The number of hydrogen-bond acceptors (Lipinski definition) is 3. The number of halogens is 1. The number of carboxylic acids is 1. The molecule has 29 heavy (non-hydrogen) atoms. The van der Waals surface area contributed by atoms with E-state index in [4.69, 9.17) is 16.7 Å². The first kappa shape index (κ1) is 19.7. The number of piperidine rings is 1. The molecule has 1 fully saturated rings. The number of hydrogen-bond donors (Lipinski definition) is 1. The number of aliphatic carboxylic acids is 1. The Labute approximate surface area is 173 Å². The van der Waals surface area contributed by atoms with Crippen LogP contribution >= 0.6 is 11.6 Å². The van der Waals surface area contributed by atoms with E-state index < -0.39 is 5.97 Å². The molecule has 1 N–H and O–H groups in total. The molecule has 1 amide bonds. The largest absolute Gasteiger partial charge is 0.481 e. The van der Waals surface area contributed by atoms with Gasteiger partial charge in [0.2, 0.25) is 5.91 Å². The van der Waals surface area contributed by atoms with Crippen molar-refractivity contribution >= 4 is 23.5 Å². The Morgan fingerprint density at radius 2 is 1.79 bits per heavy atom. The molecular weight excluding hydrogens is 392 g/mol. The molecular formula is C22H23ClN2O4. The second-order valence-corrected chi connectivity index (χ2v) is 8.38. The molecule has 2 aliphatic heterocycles. The van der Waals surface area contributed by atoms with Gasteiger partial charge in [-0.1, -0.05) is 23.7 Å². The Kier molecular flexibility index (Phi) is 5.46. The highest BCUT2D eigenvalue weighted by Gasteiger charge is 2.36. The number of likely N-dealkylation sites (tertiary alicyclic amines) is 1. The maximum atomic E-state index is 13.1. The fourth-order valence-corrected chi connectivity index (χ4v) is 4.67. The first-order valence-corrected chi connectivity index (χ1v) is 10.3. The monoisotopic (exact) mass is 414 g/mol. The van der Waals surface area contributed by atoms with Crippen molar-refractivity contribution in [3.8, 4) is 11.1 Å². The van der Waals surface area contributed by atoms with E-state index in [0.29, 0.717) is 36.6 Å². The minimum atomic E-state index is -0.877. The first-order chi connectivity index (χ1) is 13.9. The second-order valence-electron chi connectivity index (χ2n) is 7.94. The summed E-state index contributed by atoms with van der Waals surface area (Å²) in [6.45, 7) is 1.81. The second kappa shape index (κ2) is 8.03. The van der Waals surface area contributed by atoms with Crippen molar-refractivity contribution in [1.29, 1.82) is 0 Å². The molecule has 4 rings (SSSR count). The van der Waals surface area contributed by atoms with E-state index >= 15 is 0 Å². The van der Waals surface area contributed by atoms with Crippen LogP contribution < -0.4 is 5.56 Å². The number of carbonyl (C=O) groups is 2. The lowest BCUT2D eigenvalue weighted by atomic mass is 9.82. The number of nitrogens with zero attached hydrogens (tertiary/aromatic N) is 2. The maximum absolute atomic E-state index is 13.1. The number of pyridine rings is 1. The molecule has 2 atom stereocenters. The minimum Gasteiger partial charge on any atom is -0.481 e. The fraction of sp³-hybridized carbons (Fsp3) is 0.409. The van der Waals surface area contributed by atoms with E-state index in [1.165, 1.54) is 0 Å². The van der Waals surface area contributed by atoms with Gasteiger partial charge in [-0.25, -0.2) is 0 Å². The molecule has 6 nitrogen and oxygen atoms in total. The lowest BCUT2D eigenvalue weighted by Gasteiger charge is -2.43. The van der Waals surface area contributed by atoms with E-state index in [1.807, 2.05) is 33.7 Å². The van der Waals surface area contributed by atoms with Crippen LogP contribution in [-0.2, 0) is 16.1 Å². The van der Waals surface area contributed by atoms with E-state index in [2.05, 4.69) is 0 Å². The zero-order valence-electron chi connectivity index (χ0n) is 16.0. The van der Waals surface area contributed by atoms with Gasteiger partial charge >= 0.3 is 5.97 Å². The van der Waals surface area contributed by atoms with Crippen molar-refractivity contribution in [2.75, 3.05) is 13.1 Å². The standard InChI is InChI=1S/C22H23ClN2O4/c23-17-6-4-15(5-7-17)18-8-9-19-16-10-14(12-25(19)22(18)29)11-24(13-16)20(26)2-1-3-21(27)28/h4-9,14,16H,1-3,10-13H2,(H,27,28)/t14-,16+/m0/s1. The topological polar surface area (TPSA) is 79.6 Å². The van der Waals surface area contributed by atoms with Crippen LogP contribution in [0.3, 0.4) is 0 Å². The Morgan fingerprint density at radius 1 is 1.03 bits per heavy atom. The molecule has 2 bridgehead atoms. The summed E-state index contributed by atoms with van der Waals surface area (Å²) >= 11 is 5.96. The fourth-order valence-electron chi connectivity index (χ4n) is 4.55. The predicted octanol–water partition coefficient (Wildman–Crippen LogP) is 3.37. The number of amides is 1. The van der Waals surface area contributed by atoms with Gasteiger partial charge in [0, 0.05) is 54.7 Å². The van der Waals surface area contributed by atoms with Gasteiger partial charge in [-0.15, -0.1) is 0 Å². The van der Waals surface area contributed by atoms with Gasteiger partial charge in [0.1, 0.15) is 0 Å². The van der Waals surface area contributed by atoms with Crippen LogP contribution in [-0.4, -0.2) is 39.5 Å². The molecule has 0 spiro atoms. The van der Waals surface area contributed by atoms with Gasteiger partial charge in [0.15, 0.2) is 0 Å². The van der Waals surface area contributed by atoms with Gasteiger partial charge in [0.25, 0.3) is 5.56 Å². The molecule has 0 saturated carbocycles. The molecule has 2 aromatic rings. The molecule has 1 aromatic carbocycles. The lowest BCUT2D eigenvalue weighted by Crippen LogP contribution is -2.49. The summed E-state index contributed by atoms with van der Waals surface area (Å²) in [4.78, 5) is 38.2. The van der Waals surface area contributed by atoms with Crippen molar-refractivity contribution in [3.63, 3.8) is 0 Å². The highest BCUT2D eigenvalue weighted by atomic mass is 35.5. The van der Waals surface area contributed by atoms with E-state index in [-0.39, 0.29) is 36.1 Å². The highest BCUT2D eigenvalue weighted by Crippen LogP contribution is 2.36. The summed E-state index contributed by atoms with van der Waals surface area (Å²) in [6, 6.07) is 11.1. The average molecular weight is 415 g/mol. The predicted molar refractivity (Wildman–Crippen MR) is 110 cm³/mol. The summed E-state index contributed by atoms with van der Waals surface area (Å²) in [5, 5.41) is 9.39. The Bertz CT molecular complexity index is 999. The van der Waals surface area contributed by atoms with Crippen LogP contribution in [0.5, 0.6) is 0 Å². The third kappa shape index (κ3) is 4.08. The maximum Gasteiger partial charge on any atom is 0.303 e. The molecule has 2 aliphatic rings. The molecule has 1 saturated heterocycles. The van der Waals surface area contributed by atoms with E-state index in [9.17, 15) is 14.4 Å². The molecule has 1 aromatic heterocycles. The minimum absolute atomic E-state index is 0.000701. The van der Waals surface area contributed by atoms with Crippen LogP contribution in [0, 0.1) is 5.92 Å². The normalized spacial score (nSPS) is 20.2. The SMILES string of the molecule is O=C(O)CCCC(=O)N1C[C@@H]2C[C@H](C1)c1ccc(-c3ccc(Cl)cc3)c(=O)n1C2. The number of carboxylic acid groups (broad SMARTS) is 1. The van der Waals surface area contributed by atoms with Crippen molar-refractivity contribution in [2.45, 2.75) is 38.1 Å². The summed E-state index contributed by atoms with van der Waals surface area (Å²) in [6.07, 6.45) is 1.60. The molecule has 152 valence electrons. The zero-order valence-corrected chi connectivity index (χ0v) is 16.8. The van der Waals surface area contributed by atoms with E-state index in [1.54, 1.807) is 12.1 Å². The van der Waals surface area contributed by atoms with Crippen molar-refractivity contribution in [1.82, 2.24) is 9.47 Å². The van der Waals surface area contributed by atoms with Gasteiger partial charge in [0.05, 0.1) is 0 Å². The Hall–Kier alpha value is -2.60. The number of carbonyl (C=O) groups excluding carboxylic acids is 1. The molecule has 0 aliphatic carbocycles. The number of fused-ring (bicyclic) bond motifs is 4. The van der Waals surface area contributed by atoms with Gasteiger partial charge in [-0.05, 0) is 48.6 Å². The quantitative estimate of drug-likeness (QED) is 0.813. The van der Waals surface area contributed by atoms with Crippen molar-refractivity contribution in [3.05, 3.63) is 57.5 Å². The van der Waals surface area contributed by atoms with Crippen LogP contribution in [0.4, 0.5) is 0 Å². The van der Waals surface area contributed by atoms with Crippen molar-refractivity contribution < 1.29 is 14.7 Å². The van der Waals surface area contributed by atoms with E-state index in [0.717, 1.165) is 17.7 Å². The summed E-state index contributed by atoms with van der Waals surface area (Å²) in [7, 11) is 0. The summed E-state index contributed by atoms with van der Waals surface area (Å²) < 4.78 is 1.87. The zero-order chi connectivity index (χ0) is 20.5. The summed E-state index contributed by atoms with van der Waals surface area (Å²) in [5.74, 6) is -0.492. The smallest absolute Gasteiger partial charge is 0.303 e. The third-order valence-corrected chi connectivity index (χ3v) is 6.15. The van der Waals surface area contributed by atoms with Gasteiger partial charge in [-0.2, -0.15) is 0 Å². The molecule has 0 radical (unpaired) electrons. The lowest BCUT2D eigenvalue weighted by molar-refractivity contribution is -0.137. The highest BCUT2D eigenvalue weighted by molar-refractivity contribution is 6.30. The molecule has 3 heterocycles. The molecule has 7 heteroatoms. The first-order valence-electron chi connectivity index (χ1n) is 9.91. The van der Waals surface area contributed by atoms with Crippen LogP contribution in [0.2, 0.25) is 5.02 Å². The van der Waals surface area contributed by atoms with Crippen molar-refractivity contribution in [2.24, 2.45) is 5.92 Å². The van der Waals surface area contributed by atoms with Crippen LogP contribution in [0.25, 0.3) is 11.1 Å². The van der Waals surface area contributed by atoms with Crippen LogP contribution in [0.15, 0.2) is 41.2 Å². The Balaban J connectivity index is 1.55. The number of rotatable bonds is 5. The van der Waals surface area contributed by atoms with Gasteiger partial charge < -0.3 is 14.6 Å². The number of benzene rings is 1.